The Morgan fingerprint density at radius 3 is 1.38 bits per heavy atom. The molecule has 11 heteroatoms. The van der Waals surface area contributed by atoms with Gasteiger partial charge in [-0.25, -0.2) is 4.79 Å². The lowest BCUT2D eigenvalue weighted by molar-refractivity contribution is -0.155. The monoisotopic (exact) mass is 820 g/mol. The SMILES string of the molecule is CC(C)(C)OC(=O)CC(Cc1ccc(-c2ccccc2)cc1)NC(=O)OC(C)(C)C.O=C(O)CC(Cc1ccc(-c2ccccc2)cc1)NC(=O)C1(CC(=O)O)CCCC1. The predicted octanol–water partition coefficient (Wildman–Crippen LogP) is 9.41. The second kappa shape index (κ2) is 21.3. The molecule has 1 aliphatic rings. The van der Waals surface area contributed by atoms with Crippen LogP contribution in [0.2, 0.25) is 0 Å². The number of amides is 2. The molecule has 0 aliphatic heterocycles. The normalized spacial score (nSPS) is 14.4. The van der Waals surface area contributed by atoms with Crippen molar-refractivity contribution in [1.82, 2.24) is 10.6 Å². The number of hydrogen-bond acceptors (Lipinski definition) is 7. The van der Waals surface area contributed by atoms with Crippen molar-refractivity contribution >= 4 is 29.9 Å². The largest absolute Gasteiger partial charge is 0.481 e. The second-order valence-electron chi connectivity index (χ2n) is 17.5. The van der Waals surface area contributed by atoms with Crippen molar-refractivity contribution in [2.75, 3.05) is 0 Å². The fraction of sp³-hybridized carbons (Fsp3) is 0.408. The highest BCUT2D eigenvalue weighted by Gasteiger charge is 2.43. The molecule has 5 rings (SSSR count). The maximum atomic E-state index is 13.0. The number of hydrogen-bond donors (Lipinski definition) is 4. The Hall–Kier alpha value is -5.97. The summed E-state index contributed by atoms with van der Waals surface area (Å²) >= 11 is 0. The summed E-state index contributed by atoms with van der Waals surface area (Å²) in [6.07, 6.45) is 2.63. The molecular weight excluding hydrogens is 761 g/mol. The Morgan fingerprint density at radius 1 is 0.567 bits per heavy atom. The molecule has 320 valence electrons. The van der Waals surface area contributed by atoms with E-state index in [-0.39, 0.29) is 31.1 Å². The summed E-state index contributed by atoms with van der Waals surface area (Å²) < 4.78 is 10.8. The van der Waals surface area contributed by atoms with E-state index in [4.69, 9.17) is 9.47 Å². The molecule has 2 unspecified atom stereocenters. The van der Waals surface area contributed by atoms with Gasteiger partial charge in [0.2, 0.25) is 5.91 Å². The van der Waals surface area contributed by atoms with E-state index in [1.54, 1.807) is 20.8 Å². The summed E-state index contributed by atoms with van der Waals surface area (Å²) in [5.41, 5.74) is 4.21. The zero-order valence-corrected chi connectivity index (χ0v) is 35.7. The first-order valence-electron chi connectivity index (χ1n) is 20.5. The second-order valence-corrected chi connectivity index (χ2v) is 17.5. The molecule has 1 aliphatic carbocycles. The Balaban J connectivity index is 0.000000265. The van der Waals surface area contributed by atoms with Gasteiger partial charge >= 0.3 is 24.0 Å². The van der Waals surface area contributed by atoms with E-state index in [0.717, 1.165) is 46.2 Å². The van der Waals surface area contributed by atoms with Crippen LogP contribution in [0.4, 0.5) is 4.79 Å². The van der Waals surface area contributed by atoms with E-state index in [2.05, 4.69) is 22.8 Å². The third kappa shape index (κ3) is 16.0. The molecule has 0 spiro atoms. The van der Waals surface area contributed by atoms with E-state index in [0.29, 0.717) is 25.7 Å². The molecule has 60 heavy (non-hydrogen) atoms. The number of alkyl carbamates (subject to hydrolysis) is 1. The predicted molar refractivity (Wildman–Crippen MR) is 232 cm³/mol. The van der Waals surface area contributed by atoms with Crippen molar-refractivity contribution in [3.63, 3.8) is 0 Å². The molecule has 0 bridgehead atoms. The Labute approximate surface area is 353 Å². The molecule has 0 aromatic heterocycles. The Morgan fingerprint density at radius 2 is 0.983 bits per heavy atom. The molecular formula is C49H60N2O9. The van der Waals surface area contributed by atoms with Gasteiger partial charge in [-0.05, 0) is 101 Å². The summed E-state index contributed by atoms with van der Waals surface area (Å²) in [6.45, 7) is 10.9. The van der Waals surface area contributed by atoms with E-state index < -0.39 is 46.7 Å². The minimum Gasteiger partial charge on any atom is -0.481 e. The lowest BCUT2D eigenvalue weighted by atomic mass is 9.81. The van der Waals surface area contributed by atoms with Gasteiger partial charge in [0.15, 0.2) is 0 Å². The first-order chi connectivity index (χ1) is 28.3. The van der Waals surface area contributed by atoms with E-state index >= 15 is 0 Å². The molecule has 0 radical (unpaired) electrons. The molecule has 4 N–H and O–H groups in total. The zero-order valence-electron chi connectivity index (χ0n) is 35.7. The van der Waals surface area contributed by atoms with Crippen LogP contribution in [-0.2, 0) is 41.5 Å². The lowest BCUT2D eigenvalue weighted by Crippen LogP contribution is -2.47. The van der Waals surface area contributed by atoms with Gasteiger partial charge in [-0.15, -0.1) is 0 Å². The molecule has 4 aromatic carbocycles. The number of aliphatic carboxylic acids is 2. The van der Waals surface area contributed by atoms with Crippen LogP contribution in [0, 0.1) is 5.41 Å². The first-order valence-corrected chi connectivity index (χ1v) is 20.5. The average molecular weight is 821 g/mol. The number of carboxylic acids is 2. The van der Waals surface area contributed by atoms with Crippen LogP contribution in [0.15, 0.2) is 109 Å². The number of esters is 1. The van der Waals surface area contributed by atoms with Gasteiger partial charge in [-0.1, -0.05) is 122 Å². The highest BCUT2D eigenvalue weighted by Crippen LogP contribution is 2.41. The van der Waals surface area contributed by atoms with Crippen LogP contribution < -0.4 is 10.6 Å². The van der Waals surface area contributed by atoms with E-state index in [9.17, 15) is 34.2 Å². The minimum atomic E-state index is -1.00. The third-order valence-corrected chi connectivity index (χ3v) is 9.93. The van der Waals surface area contributed by atoms with Gasteiger partial charge in [0.05, 0.1) is 24.7 Å². The topological polar surface area (TPSA) is 168 Å². The number of carbonyl (C=O) groups is 5. The molecule has 0 saturated heterocycles. The molecule has 0 heterocycles. The summed E-state index contributed by atoms with van der Waals surface area (Å²) in [7, 11) is 0. The summed E-state index contributed by atoms with van der Waals surface area (Å²) in [5.74, 6) is -2.70. The highest BCUT2D eigenvalue weighted by atomic mass is 16.6. The minimum absolute atomic E-state index is 0.0664. The summed E-state index contributed by atoms with van der Waals surface area (Å²) in [6, 6.07) is 35.0. The van der Waals surface area contributed by atoms with Gasteiger partial charge < -0.3 is 30.3 Å². The van der Waals surface area contributed by atoms with Crippen molar-refractivity contribution in [3.05, 3.63) is 120 Å². The van der Waals surface area contributed by atoms with Crippen molar-refractivity contribution in [2.24, 2.45) is 5.41 Å². The summed E-state index contributed by atoms with van der Waals surface area (Å²) in [4.78, 5) is 60.2. The zero-order chi connectivity index (χ0) is 43.9. The Bertz CT molecular complexity index is 1980. The number of benzene rings is 4. The van der Waals surface area contributed by atoms with Gasteiger partial charge in [0.1, 0.15) is 11.2 Å². The van der Waals surface area contributed by atoms with Gasteiger partial charge in [0, 0.05) is 12.1 Å². The van der Waals surface area contributed by atoms with Crippen LogP contribution >= 0.6 is 0 Å². The number of nitrogens with one attached hydrogen (secondary N) is 2. The first kappa shape index (κ1) is 46.7. The van der Waals surface area contributed by atoms with E-state index in [1.807, 2.05) is 118 Å². The molecule has 2 atom stereocenters. The smallest absolute Gasteiger partial charge is 0.407 e. The molecule has 4 aromatic rings. The van der Waals surface area contributed by atoms with Crippen LogP contribution in [0.5, 0.6) is 0 Å². The highest BCUT2D eigenvalue weighted by molar-refractivity contribution is 5.88. The lowest BCUT2D eigenvalue weighted by Gasteiger charge is -2.28. The van der Waals surface area contributed by atoms with Crippen LogP contribution in [0.1, 0.15) is 97.6 Å². The van der Waals surface area contributed by atoms with Crippen molar-refractivity contribution < 1.29 is 43.7 Å². The number of carbonyl (C=O) groups excluding carboxylic acids is 3. The van der Waals surface area contributed by atoms with Crippen LogP contribution in [-0.4, -0.2) is 63.4 Å². The van der Waals surface area contributed by atoms with Crippen molar-refractivity contribution in [2.45, 2.75) is 123 Å². The maximum absolute atomic E-state index is 13.0. The van der Waals surface area contributed by atoms with Gasteiger partial charge in [0.25, 0.3) is 0 Å². The van der Waals surface area contributed by atoms with Gasteiger partial charge in [-0.2, -0.15) is 0 Å². The van der Waals surface area contributed by atoms with Gasteiger partial charge in [-0.3, -0.25) is 19.2 Å². The number of rotatable bonds is 15. The number of ether oxygens (including phenoxy) is 2. The molecule has 1 saturated carbocycles. The third-order valence-electron chi connectivity index (χ3n) is 9.93. The standard InChI is InChI=1S/C25H33NO4.C24H27NO5/c1-24(2,3)29-22(27)17-21(26-23(28)30-25(4,5)6)16-18-12-14-20(15-13-18)19-10-8-7-9-11-19;26-21(27)15-20(25-23(30)24(16-22(28)29)12-4-5-13-24)14-17-8-10-19(11-9-17)18-6-2-1-3-7-18/h7-15,21H,16-17H2,1-6H3,(H,26,28);1-3,6-11,20H,4-5,12-16H2,(H,25,30)(H,26,27)(H,28,29). The molecule has 11 nitrogen and oxygen atoms in total. The maximum Gasteiger partial charge on any atom is 0.407 e. The fourth-order valence-electron chi connectivity index (χ4n) is 7.28. The molecule has 2 amide bonds. The van der Waals surface area contributed by atoms with Crippen LogP contribution in [0.25, 0.3) is 22.3 Å². The fourth-order valence-corrected chi connectivity index (χ4v) is 7.28. The molecule has 1 fully saturated rings. The summed E-state index contributed by atoms with van der Waals surface area (Å²) in [5, 5.41) is 24.2. The van der Waals surface area contributed by atoms with Crippen LogP contribution in [0.3, 0.4) is 0 Å². The average Bonchev–Trinajstić information content (AvgIpc) is 3.64. The number of carboxylic acid groups (broad SMARTS) is 2. The van der Waals surface area contributed by atoms with Crippen molar-refractivity contribution in [3.8, 4) is 22.3 Å². The van der Waals surface area contributed by atoms with E-state index in [1.165, 1.54) is 0 Å². The Kier molecular flexibility index (Phi) is 16.6. The van der Waals surface area contributed by atoms with Crippen molar-refractivity contribution in [1.29, 1.82) is 0 Å². The quantitative estimate of drug-likeness (QED) is 0.0854.